The Morgan fingerprint density at radius 2 is 2.21 bits per heavy atom. The number of aromatic nitrogens is 1. The fourth-order valence-corrected chi connectivity index (χ4v) is 4.65. The Bertz CT molecular complexity index is 816. The predicted octanol–water partition coefficient (Wildman–Crippen LogP) is 2.40. The van der Waals surface area contributed by atoms with Crippen LogP contribution >= 0.6 is 11.3 Å². The smallest absolute Gasteiger partial charge is 0.355 e. The topological polar surface area (TPSA) is 79.3 Å². The standard InChI is InChI=1S/C18H18N2O3S/c21-16(19-8-6-15-20-14(10-24-15)17(22)23)13-9-18(13)7-5-11-3-1-2-4-12(11)18/h1-4,10,13H,5-9H2,(H,19,21)(H,22,23)/t13-,18-/m1/s1. The molecular formula is C18H18N2O3S. The van der Waals surface area contributed by atoms with Gasteiger partial charge in [-0.15, -0.1) is 11.3 Å². The highest BCUT2D eigenvalue weighted by molar-refractivity contribution is 7.09. The van der Waals surface area contributed by atoms with Crippen LogP contribution in [-0.2, 0) is 23.1 Å². The minimum Gasteiger partial charge on any atom is -0.476 e. The zero-order valence-corrected chi connectivity index (χ0v) is 13.9. The lowest BCUT2D eigenvalue weighted by Gasteiger charge is -2.11. The number of fused-ring (bicyclic) bond motifs is 2. The molecule has 1 heterocycles. The number of carboxylic acids is 1. The highest BCUT2D eigenvalue weighted by Gasteiger charge is 2.61. The first-order chi connectivity index (χ1) is 11.6. The van der Waals surface area contributed by atoms with Crippen LogP contribution in [0.15, 0.2) is 29.6 Å². The maximum atomic E-state index is 12.5. The van der Waals surface area contributed by atoms with Gasteiger partial charge in [0.2, 0.25) is 5.91 Å². The van der Waals surface area contributed by atoms with E-state index in [2.05, 4.69) is 34.6 Å². The summed E-state index contributed by atoms with van der Waals surface area (Å²) < 4.78 is 0. The van der Waals surface area contributed by atoms with Gasteiger partial charge in [-0.2, -0.15) is 0 Å². The van der Waals surface area contributed by atoms with Crippen molar-refractivity contribution in [2.45, 2.75) is 31.1 Å². The number of aromatic carboxylic acids is 1. The average Bonchev–Trinajstić information content (AvgIpc) is 2.92. The lowest BCUT2D eigenvalue weighted by Crippen LogP contribution is -2.29. The number of benzene rings is 1. The maximum Gasteiger partial charge on any atom is 0.355 e. The van der Waals surface area contributed by atoms with Crippen molar-refractivity contribution in [3.05, 3.63) is 51.5 Å². The molecule has 1 fully saturated rings. The summed E-state index contributed by atoms with van der Waals surface area (Å²) in [5.41, 5.74) is 2.89. The van der Waals surface area contributed by atoms with E-state index >= 15 is 0 Å². The third kappa shape index (κ3) is 2.51. The largest absolute Gasteiger partial charge is 0.476 e. The lowest BCUT2D eigenvalue weighted by atomic mass is 9.95. The molecule has 2 aliphatic carbocycles. The van der Waals surface area contributed by atoms with Crippen LogP contribution in [0.25, 0.3) is 0 Å². The van der Waals surface area contributed by atoms with Crippen molar-refractivity contribution in [3.63, 3.8) is 0 Å². The molecule has 5 nitrogen and oxygen atoms in total. The third-order valence-corrected chi connectivity index (χ3v) is 6.10. The van der Waals surface area contributed by atoms with Crippen LogP contribution < -0.4 is 5.32 Å². The predicted molar refractivity (Wildman–Crippen MR) is 90.3 cm³/mol. The van der Waals surface area contributed by atoms with Gasteiger partial charge in [-0.1, -0.05) is 24.3 Å². The van der Waals surface area contributed by atoms with E-state index in [1.165, 1.54) is 27.8 Å². The molecule has 124 valence electrons. The number of hydrogen-bond donors (Lipinski definition) is 2. The second-order valence-corrected chi connectivity index (χ2v) is 7.49. The maximum absolute atomic E-state index is 12.5. The Kier molecular flexibility index (Phi) is 3.64. The SMILES string of the molecule is O=C(O)c1csc(CCNC(=O)[C@H]2C[C@@]23CCc2ccccc23)n1. The van der Waals surface area contributed by atoms with Crippen LogP contribution in [0.4, 0.5) is 0 Å². The Balaban J connectivity index is 1.33. The summed E-state index contributed by atoms with van der Waals surface area (Å²) in [4.78, 5) is 27.3. The van der Waals surface area contributed by atoms with Crippen molar-refractivity contribution in [1.29, 1.82) is 0 Å². The van der Waals surface area contributed by atoms with Crippen molar-refractivity contribution in [2.24, 2.45) is 5.92 Å². The van der Waals surface area contributed by atoms with Crippen LogP contribution in [0.2, 0.25) is 0 Å². The van der Waals surface area contributed by atoms with Crippen molar-refractivity contribution >= 4 is 23.2 Å². The molecule has 1 amide bonds. The Labute approximate surface area is 143 Å². The van der Waals surface area contributed by atoms with Gasteiger partial charge in [-0.25, -0.2) is 9.78 Å². The number of amides is 1. The molecule has 1 spiro atoms. The van der Waals surface area contributed by atoms with Gasteiger partial charge in [-0.05, 0) is 30.4 Å². The summed E-state index contributed by atoms with van der Waals surface area (Å²) in [5.74, 6) is -0.824. The first-order valence-corrected chi connectivity index (χ1v) is 9.02. The molecule has 0 saturated heterocycles. The molecule has 0 bridgehead atoms. The quantitative estimate of drug-likeness (QED) is 0.874. The molecule has 2 N–H and O–H groups in total. The minimum atomic E-state index is -1.01. The van der Waals surface area contributed by atoms with E-state index in [1.54, 1.807) is 0 Å². The number of hydrogen-bond acceptors (Lipinski definition) is 4. The van der Waals surface area contributed by atoms with Gasteiger partial charge in [0.1, 0.15) is 0 Å². The number of nitrogens with zero attached hydrogens (tertiary/aromatic N) is 1. The number of carbonyl (C=O) groups is 2. The second-order valence-electron chi connectivity index (χ2n) is 6.54. The van der Waals surface area contributed by atoms with Gasteiger partial charge in [0, 0.05) is 29.7 Å². The van der Waals surface area contributed by atoms with Crippen LogP contribution in [0.3, 0.4) is 0 Å². The Morgan fingerprint density at radius 1 is 1.38 bits per heavy atom. The average molecular weight is 342 g/mol. The number of carbonyl (C=O) groups excluding carboxylic acids is 1. The van der Waals surface area contributed by atoms with Gasteiger partial charge in [0.15, 0.2) is 5.69 Å². The van der Waals surface area contributed by atoms with E-state index in [4.69, 9.17) is 5.11 Å². The second kappa shape index (κ2) is 5.70. The molecule has 0 aliphatic heterocycles. The van der Waals surface area contributed by atoms with Gasteiger partial charge in [0.05, 0.1) is 5.01 Å². The summed E-state index contributed by atoms with van der Waals surface area (Å²) in [6, 6.07) is 8.45. The number of rotatable bonds is 5. The summed E-state index contributed by atoms with van der Waals surface area (Å²) >= 11 is 1.32. The molecule has 1 aromatic heterocycles. The highest BCUT2D eigenvalue weighted by Crippen LogP contribution is 2.61. The first-order valence-electron chi connectivity index (χ1n) is 8.14. The summed E-state index contributed by atoms with van der Waals surface area (Å²) in [6.45, 7) is 0.500. The van der Waals surface area contributed by atoms with Crippen LogP contribution in [0.1, 0.15) is 39.5 Å². The van der Waals surface area contributed by atoms with Gasteiger partial charge >= 0.3 is 5.97 Å². The van der Waals surface area contributed by atoms with E-state index in [9.17, 15) is 9.59 Å². The minimum absolute atomic E-state index is 0.0678. The summed E-state index contributed by atoms with van der Waals surface area (Å²) in [7, 11) is 0. The Morgan fingerprint density at radius 3 is 3.00 bits per heavy atom. The molecular weight excluding hydrogens is 324 g/mol. The van der Waals surface area contributed by atoms with Crippen LogP contribution in [0, 0.1) is 5.92 Å². The molecule has 0 unspecified atom stereocenters. The van der Waals surface area contributed by atoms with Gasteiger partial charge < -0.3 is 10.4 Å². The highest BCUT2D eigenvalue weighted by atomic mass is 32.1. The molecule has 2 aromatic rings. The fourth-order valence-electron chi connectivity index (χ4n) is 3.88. The van der Waals surface area contributed by atoms with Gasteiger partial charge in [-0.3, -0.25) is 4.79 Å². The van der Waals surface area contributed by atoms with Gasteiger partial charge in [0.25, 0.3) is 0 Å². The molecule has 1 aromatic carbocycles. The first kappa shape index (κ1) is 15.3. The van der Waals surface area contributed by atoms with Crippen molar-refractivity contribution in [3.8, 4) is 0 Å². The number of aryl methyl sites for hydroxylation is 1. The molecule has 2 atom stereocenters. The van der Waals surface area contributed by atoms with Crippen molar-refractivity contribution in [2.75, 3.05) is 6.54 Å². The third-order valence-electron chi connectivity index (χ3n) is 5.19. The van der Waals surface area contributed by atoms with Crippen molar-refractivity contribution < 1.29 is 14.7 Å². The molecule has 2 aliphatic rings. The van der Waals surface area contributed by atoms with Crippen LogP contribution in [-0.4, -0.2) is 28.5 Å². The van der Waals surface area contributed by atoms with E-state index in [1.807, 2.05) is 0 Å². The fraction of sp³-hybridized carbons (Fsp3) is 0.389. The van der Waals surface area contributed by atoms with E-state index in [0.29, 0.717) is 13.0 Å². The van der Waals surface area contributed by atoms with Crippen LogP contribution in [0.5, 0.6) is 0 Å². The molecule has 24 heavy (non-hydrogen) atoms. The Hall–Kier alpha value is -2.21. The molecule has 4 rings (SSSR count). The lowest BCUT2D eigenvalue weighted by molar-refractivity contribution is -0.122. The zero-order chi connectivity index (χ0) is 16.7. The normalized spacial score (nSPS) is 23.9. The summed E-state index contributed by atoms with van der Waals surface area (Å²) in [5, 5.41) is 14.1. The number of carboxylic acid groups (broad SMARTS) is 1. The number of nitrogens with one attached hydrogen (secondary N) is 1. The van der Waals surface area contributed by atoms with E-state index in [0.717, 1.165) is 24.3 Å². The monoisotopic (exact) mass is 342 g/mol. The zero-order valence-electron chi connectivity index (χ0n) is 13.1. The van der Waals surface area contributed by atoms with E-state index in [-0.39, 0.29) is 22.9 Å². The number of thiazole rings is 1. The molecule has 0 radical (unpaired) electrons. The molecule has 6 heteroatoms. The summed E-state index contributed by atoms with van der Waals surface area (Å²) in [6.07, 6.45) is 3.65. The molecule has 1 saturated carbocycles. The van der Waals surface area contributed by atoms with E-state index < -0.39 is 5.97 Å². The van der Waals surface area contributed by atoms with Crippen molar-refractivity contribution in [1.82, 2.24) is 10.3 Å².